The largest absolute Gasteiger partial charge is 0.384 e. The molecule has 6 nitrogen and oxygen atoms in total. The first-order chi connectivity index (χ1) is 8.53. The van der Waals surface area contributed by atoms with Crippen LogP contribution in [0.15, 0.2) is 30.3 Å². The van der Waals surface area contributed by atoms with Gasteiger partial charge >= 0.3 is 0 Å². The fourth-order valence-corrected chi connectivity index (χ4v) is 2.05. The van der Waals surface area contributed by atoms with Gasteiger partial charge in [0.1, 0.15) is 0 Å². The molecule has 18 heavy (non-hydrogen) atoms. The zero-order chi connectivity index (χ0) is 13.4. The number of rotatable bonds is 7. The molecule has 1 rings (SSSR count). The molecule has 1 aromatic carbocycles. The Balaban J connectivity index is 2.38. The van der Waals surface area contributed by atoms with Gasteiger partial charge in [0.25, 0.3) is 0 Å². The zero-order valence-electron chi connectivity index (χ0n) is 10.0. The SMILES string of the molecule is COCCS(=O)(=O)NCC(=O)Nc1ccccc1. The molecule has 100 valence electrons. The minimum atomic E-state index is -3.47. The Morgan fingerprint density at radius 3 is 2.56 bits per heavy atom. The van der Waals surface area contributed by atoms with Crippen LogP contribution in [-0.2, 0) is 19.6 Å². The second kappa shape index (κ2) is 7.10. The predicted octanol–water partition coefficient (Wildman–Crippen LogP) is 0.191. The van der Waals surface area contributed by atoms with Crippen molar-refractivity contribution in [3.8, 4) is 0 Å². The second-order valence-electron chi connectivity index (χ2n) is 3.55. The van der Waals surface area contributed by atoms with Crippen molar-refractivity contribution in [2.45, 2.75) is 0 Å². The van der Waals surface area contributed by atoms with Crippen molar-refractivity contribution in [2.24, 2.45) is 0 Å². The summed E-state index contributed by atoms with van der Waals surface area (Å²) < 4.78 is 29.6. The van der Waals surface area contributed by atoms with Crippen LogP contribution in [0.5, 0.6) is 0 Å². The molecule has 0 aliphatic heterocycles. The van der Waals surface area contributed by atoms with Gasteiger partial charge in [-0.25, -0.2) is 13.1 Å². The topological polar surface area (TPSA) is 84.5 Å². The Kier molecular flexibility index (Phi) is 5.76. The number of ether oxygens (including phenoxy) is 1. The van der Waals surface area contributed by atoms with Gasteiger partial charge < -0.3 is 10.1 Å². The summed E-state index contributed by atoms with van der Waals surface area (Å²) in [6.45, 7) is -0.198. The van der Waals surface area contributed by atoms with Crippen molar-refractivity contribution >= 4 is 21.6 Å². The van der Waals surface area contributed by atoms with Gasteiger partial charge in [0.15, 0.2) is 0 Å². The van der Waals surface area contributed by atoms with E-state index in [1.54, 1.807) is 24.3 Å². The van der Waals surface area contributed by atoms with Crippen LogP contribution in [0.4, 0.5) is 5.69 Å². The van der Waals surface area contributed by atoms with Crippen molar-refractivity contribution in [3.05, 3.63) is 30.3 Å². The van der Waals surface area contributed by atoms with Gasteiger partial charge in [-0.1, -0.05) is 18.2 Å². The van der Waals surface area contributed by atoms with Crippen molar-refractivity contribution in [1.82, 2.24) is 4.72 Å². The number of anilines is 1. The highest BCUT2D eigenvalue weighted by Gasteiger charge is 2.11. The Morgan fingerprint density at radius 2 is 1.94 bits per heavy atom. The maximum atomic E-state index is 11.5. The summed E-state index contributed by atoms with van der Waals surface area (Å²) in [6.07, 6.45) is 0. The summed E-state index contributed by atoms with van der Waals surface area (Å²) in [5.74, 6) is -0.579. The number of benzene rings is 1. The van der Waals surface area contributed by atoms with E-state index in [-0.39, 0.29) is 18.9 Å². The van der Waals surface area contributed by atoms with Gasteiger partial charge in [-0.2, -0.15) is 0 Å². The number of nitrogens with one attached hydrogen (secondary N) is 2. The summed E-state index contributed by atoms with van der Waals surface area (Å²) >= 11 is 0. The zero-order valence-corrected chi connectivity index (χ0v) is 10.9. The van der Waals surface area contributed by atoms with E-state index in [9.17, 15) is 13.2 Å². The molecule has 0 radical (unpaired) electrons. The fourth-order valence-electron chi connectivity index (χ4n) is 1.17. The van der Waals surface area contributed by atoms with Crippen LogP contribution in [0.3, 0.4) is 0 Å². The third kappa shape index (κ3) is 5.76. The molecule has 0 atom stereocenters. The van der Waals surface area contributed by atoms with E-state index in [1.807, 2.05) is 6.07 Å². The van der Waals surface area contributed by atoms with Crippen LogP contribution < -0.4 is 10.0 Å². The number of carbonyl (C=O) groups is 1. The Bertz CT molecular complexity index is 473. The molecular weight excluding hydrogens is 256 g/mol. The third-order valence-corrected chi connectivity index (χ3v) is 3.35. The summed E-state index contributed by atoms with van der Waals surface area (Å²) in [7, 11) is -2.05. The molecular formula is C11H16N2O4S. The quantitative estimate of drug-likeness (QED) is 0.742. The van der Waals surface area contributed by atoms with E-state index in [0.717, 1.165) is 0 Å². The molecule has 0 saturated heterocycles. The lowest BCUT2D eigenvalue weighted by Crippen LogP contribution is -2.35. The minimum Gasteiger partial charge on any atom is -0.384 e. The molecule has 0 fully saturated rings. The van der Waals surface area contributed by atoms with Gasteiger partial charge in [-0.05, 0) is 12.1 Å². The molecule has 0 aromatic heterocycles. The van der Waals surface area contributed by atoms with Crippen LogP contribution in [0.2, 0.25) is 0 Å². The van der Waals surface area contributed by atoms with E-state index in [4.69, 9.17) is 0 Å². The van der Waals surface area contributed by atoms with Crippen molar-refractivity contribution in [3.63, 3.8) is 0 Å². The van der Waals surface area contributed by atoms with Crippen molar-refractivity contribution in [2.75, 3.05) is 31.3 Å². The second-order valence-corrected chi connectivity index (χ2v) is 5.47. The number of amides is 1. The van der Waals surface area contributed by atoms with Crippen LogP contribution in [-0.4, -0.2) is 40.3 Å². The summed E-state index contributed by atoms with van der Waals surface area (Å²) in [4.78, 5) is 11.5. The Labute approximate surface area is 106 Å². The van der Waals surface area contributed by atoms with Gasteiger partial charge in [-0.3, -0.25) is 4.79 Å². The molecule has 0 aliphatic carbocycles. The molecule has 7 heteroatoms. The van der Waals surface area contributed by atoms with Crippen molar-refractivity contribution in [1.29, 1.82) is 0 Å². The van der Waals surface area contributed by atoms with E-state index in [2.05, 4.69) is 14.8 Å². The summed E-state index contributed by atoms with van der Waals surface area (Å²) in [5, 5.41) is 2.57. The number of carbonyl (C=O) groups excluding carboxylic acids is 1. The average Bonchev–Trinajstić information content (AvgIpc) is 2.36. The number of sulfonamides is 1. The molecule has 0 heterocycles. The van der Waals surface area contributed by atoms with Crippen LogP contribution in [0.25, 0.3) is 0 Å². The van der Waals surface area contributed by atoms with E-state index < -0.39 is 15.9 Å². The Hall–Kier alpha value is -1.44. The highest BCUT2D eigenvalue weighted by atomic mass is 32.2. The van der Waals surface area contributed by atoms with Crippen molar-refractivity contribution < 1.29 is 17.9 Å². The average molecular weight is 272 g/mol. The lowest BCUT2D eigenvalue weighted by atomic mass is 10.3. The normalized spacial score (nSPS) is 11.2. The monoisotopic (exact) mass is 272 g/mol. The molecule has 1 amide bonds. The van der Waals surface area contributed by atoms with Gasteiger partial charge in [0.2, 0.25) is 15.9 Å². The number of methoxy groups -OCH3 is 1. The first-order valence-corrected chi connectivity index (χ1v) is 7.00. The maximum Gasteiger partial charge on any atom is 0.239 e. The van der Waals surface area contributed by atoms with E-state index >= 15 is 0 Å². The molecule has 2 N–H and O–H groups in total. The summed E-state index contributed by atoms with van der Waals surface area (Å²) in [6, 6.07) is 8.81. The minimum absolute atomic E-state index is 0.0929. The third-order valence-electron chi connectivity index (χ3n) is 2.07. The molecule has 0 bridgehead atoms. The lowest BCUT2D eigenvalue weighted by Gasteiger charge is -2.07. The number of hydrogen-bond acceptors (Lipinski definition) is 4. The fraction of sp³-hybridized carbons (Fsp3) is 0.364. The molecule has 0 unspecified atom stereocenters. The molecule has 0 aliphatic rings. The molecule has 0 saturated carbocycles. The standard InChI is InChI=1S/C11H16N2O4S/c1-17-7-8-18(15,16)12-9-11(14)13-10-5-3-2-4-6-10/h2-6,12H,7-9H2,1H3,(H,13,14). The highest BCUT2D eigenvalue weighted by molar-refractivity contribution is 7.89. The van der Waals surface area contributed by atoms with Crippen LogP contribution in [0.1, 0.15) is 0 Å². The number of para-hydroxylation sites is 1. The smallest absolute Gasteiger partial charge is 0.239 e. The lowest BCUT2D eigenvalue weighted by molar-refractivity contribution is -0.115. The van der Waals surface area contributed by atoms with Crippen LogP contribution in [0, 0.1) is 0 Å². The predicted molar refractivity (Wildman–Crippen MR) is 68.7 cm³/mol. The van der Waals surface area contributed by atoms with E-state index in [1.165, 1.54) is 7.11 Å². The first kappa shape index (κ1) is 14.6. The van der Waals surface area contributed by atoms with Crippen LogP contribution >= 0.6 is 0 Å². The molecule has 0 spiro atoms. The highest BCUT2D eigenvalue weighted by Crippen LogP contribution is 2.03. The summed E-state index contributed by atoms with van der Waals surface area (Å²) in [5.41, 5.74) is 0.624. The Morgan fingerprint density at radius 1 is 1.28 bits per heavy atom. The van der Waals surface area contributed by atoms with Gasteiger partial charge in [-0.15, -0.1) is 0 Å². The van der Waals surface area contributed by atoms with Gasteiger partial charge in [0, 0.05) is 12.8 Å². The first-order valence-electron chi connectivity index (χ1n) is 5.34. The number of hydrogen-bond donors (Lipinski definition) is 2. The van der Waals surface area contributed by atoms with E-state index in [0.29, 0.717) is 5.69 Å². The maximum absolute atomic E-state index is 11.5. The molecule has 1 aromatic rings. The van der Waals surface area contributed by atoms with Gasteiger partial charge in [0.05, 0.1) is 18.9 Å².